The van der Waals surface area contributed by atoms with Crippen molar-refractivity contribution >= 4 is 27.5 Å². The van der Waals surface area contributed by atoms with Crippen LogP contribution < -0.4 is 10.1 Å². The van der Waals surface area contributed by atoms with Gasteiger partial charge in [-0.15, -0.1) is 0 Å². The van der Waals surface area contributed by atoms with Crippen LogP contribution in [0.4, 0.5) is 5.69 Å². The number of nitrogens with one attached hydrogen (secondary N) is 1. The smallest absolute Gasteiger partial charge is 0.255 e. The Balaban J connectivity index is 1.62. The lowest BCUT2D eigenvalue weighted by Gasteiger charge is -2.19. The molecule has 4 rings (SSSR count). The molecule has 1 aliphatic heterocycles. The summed E-state index contributed by atoms with van der Waals surface area (Å²) < 4.78 is 31.6. The van der Waals surface area contributed by atoms with E-state index in [1.54, 1.807) is 48.5 Å². The fourth-order valence-electron chi connectivity index (χ4n) is 3.16. The van der Waals surface area contributed by atoms with Gasteiger partial charge in [-0.2, -0.15) is 0 Å². The first kappa shape index (κ1) is 19.9. The molecule has 0 bridgehead atoms. The molecule has 30 heavy (non-hydrogen) atoms. The number of amides is 1. The van der Waals surface area contributed by atoms with Gasteiger partial charge >= 0.3 is 0 Å². The van der Waals surface area contributed by atoms with Gasteiger partial charge in [-0.25, -0.2) is 8.42 Å². The molecule has 1 N–H and O–H groups in total. The van der Waals surface area contributed by atoms with Crippen molar-refractivity contribution in [1.82, 2.24) is 0 Å². The highest BCUT2D eigenvalue weighted by Gasteiger charge is 2.25. The molecule has 0 aromatic heterocycles. The fourth-order valence-corrected chi connectivity index (χ4v) is 4.46. The van der Waals surface area contributed by atoms with Crippen molar-refractivity contribution in [3.05, 3.63) is 93.9 Å². The third kappa shape index (κ3) is 4.00. The lowest BCUT2D eigenvalue weighted by molar-refractivity contribution is 0.102. The number of hydrogen-bond donors (Lipinski definition) is 1. The molecule has 6 heteroatoms. The maximum Gasteiger partial charge on any atom is 0.255 e. The normalized spacial score (nSPS) is 13.1. The Labute approximate surface area is 175 Å². The predicted molar refractivity (Wildman–Crippen MR) is 117 cm³/mol. The number of fused-ring (bicyclic) bond motifs is 1. The van der Waals surface area contributed by atoms with Crippen LogP contribution in [0.5, 0.6) is 5.75 Å². The van der Waals surface area contributed by atoms with Crippen molar-refractivity contribution in [2.24, 2.45) is 0 Å². The SMILES string of the molecule is Cc1ccc(NC(=O)c2ccc3c(c2)C=C(S(=O)(=O)c2ccc(C)cc2)CO3)cc1. The summed E-state index contributed by atoms with van der Waals surface area (Å²) in [5.41, 5.74) is 3.76. The van der Waals surface area contributed by atoms with Crippen LogP contribution in [0.1, 0.15) is 27.0 Å². The zero-order valence-electron chi connectivity index (χ0n) is 16.7. The van der Waals surface area contributed by atoms with Crippen molar-refractivity contribution in [3.63, 3.8) is 0 Å². The molecule has 0 saturated carbocycles. The molecule has 0 aliphatic carbocycles. The Kier molecular flexibility index (Phi) is 5.18. The fraction of sp³-hybridized carbons (Fsp3) is 0.125. The number of rotatable bonds is 4. The van der Waals surface area contributed by atoms with Crippen LogP contribution in [0, 0.1) is 13.8 Å². The summed E-state index contributed by atoms with van der Waals surface area (Å²) in [7, 11) is -3.67. The van der Waals surface area contributed by atoms with E-state index in [-0.39, 0.29) is 22.3 Å². The second-order valence-electron chi connectivity index (χ2n) is 7.29. The summed E-state index contributed by atoms with van der Waals surface area (Å²) in [6.07, 6.45) is 1.58. The molecule has 152 valence electrons. The minimum Gasteiger partial charge on any atom is -0.488 e. The summed E-state index contributed by atoms with van der Waals surface area (Å²) in [6, 6.07) is 19.2. The molecule has 1 aliphatic rings. The number of sulfone groups is 1. The molecule has 0 fully saturated rings. The summed E-state index contributed by atoms with van der Waals surface area (Å²) >= 11 is 0. The number of carbonyl (C=O) groups is 1. The number of benzene rings is 3. The molecule has 0 saturated heterocycles. The van der Waals surface area contributed by atoms with Crippen LogP contribution in [-0.2, 0) is 9.84 Å². The van der Waals surface area contributed by atoms with Crippen molar-refractivity contribution in [1.29, 1.82) is 0 Å². The van der Waals surface area contributed by atoms with Crippen LogP contribution in [0.3, 0.4) is 0 Å². The van der Waals surface area contributed by atoms with E-state index in [2.05, 4.69) is 5.32 Å². The Bertz CT molecular complexity index is 1240. The summed E-state index contributed by atoms with van der Waals surface area (Å²) in [5.74, 6) is 0.272. The third-order valence-corrected chi connectivity index (χ3v) is 6.76. The lowest BCUT2D eigenvalue weighted by atomic mass is 10.1. The van der Waals surface area contributed by atoms with E-state index in [9.17, 15) is 13.2 Å². The van der Waals surface area contributed by atoms with Gasteiger partial charge in [-0.05, 0) is 62.4 Å². The summed E-state index contributed by atoms with van der Waals surface area (Å²) in [6.45, 7) is 3.83. The van der Waals surface area contributed by atoms with Gasteiger partial charge in [0.15, 0.2) is 0 Å². The molecule has 3 aromatic rings. The zero-order chi connectivity index (χ0) is 21.3. The second kappa shape index (κ2) is 7.80. The lowest BCUT2D eigenvalue weighted by Crippen LogP contribution is -2.17. The van der Waals surface area contributed by atoms with Crippen molar-refractivity contribution in [3.8, 4) is 5.75 Å². The van der Waals surface area contributed by atoms with E-state index >= 15 is 0 Å². The number of carbonyl (C=O) groups excluding carboxylic acids is 1. The minimum absolute atomic E-state index is 0.0435. The Morgan fingerprint density at radius 2 is 1.53 bits per heavy atom. The van der Waals surface area contributed by atoms with Gasteiger partial charge in [-0.3, -0.25) is 4.79 Å². The van der Waals surface area contributed by atoms with Gasteiger partial charge in [0.05, 0.1) is 9.80 Å². The highest BCUT2D eigenvalue weighted by Crippen LogP contribution is 2.32. The molecule has 0 spiro atoms. The van der Waals surface area contributed by atoms with Gasteiger partial charge < -0.3 is 10.1 Å². The number of ether oxygens (including phenoxy) is 1. The van der Waals surface area contributed by atoms with Crippen LogP contribution in [0.2, 0.25) is 0 Å². The average molecular weight is 420 g/mol. The molecule has 1 heterocycles. The molecule has 3 aromatic carbocycles. The Morgan fingerprint density at radius 3 is 2.20 bits per heavy atom. The third-order valence-electron chi connectivity index (χ3n) is 4.94. The Morgan fingerprint density at radius 1 is 0.900 bits per heavy atom. The molecule has 5 nitrogen and oxygen atoms in total. The first-order valence-corrected chi connectivity index (χ1v) is 11.0. The van der Waals surface area contributed by atoms with Crippen LogP contribution in [-0.4, -0.2) is 20.9 Å². The maximum absolute atomic E-state index is 13.0. The van der Waals surface area contributed by atoms with E-state index < -0.39 is 9.84 Å². The monoisotopic (exact) mass is 419 g/mol. The minimum atomic E-state index is -3.67. The van der Waals surface area contributed by atoms with Crippen LogP contribution in [0.15, 0.2) is 76.5 Å². The highest BCUT2D eigenvalue weighted by molar-refractivity contribution is 7.95. The largest absolute Gasteiger partial charge is 0.488 e. The van der Waals surface area contributed by atoms with E-state index in [0.29, 0.717) is 22.6 Å². The molecular weight excluding hydrogens is 398 g/mol. The van der Waals surface area contributed by atoms with Crippen molar-refractivity contribution in [2.75, 3.05) is 11.9 Å². The van der Waals surface area contributed by atoms with E-state index in [4.69, 9.17) is 4.74 Å². The molecule has 0 atom stereocenters. The van der Waals surface area contributed by atoms with Gasteiger partial charge in [0, 0.05) is 16.8 Å². The second-order valence-corrected chi connectivity index (χ2v) is 9.29. The topological polar surface area (TPSA) is 72.5 Å². The number of hydrogen-bond acceptors (Lipinski definition) is 4. The molecular formula is C24H21NO4S. The number of aryl methyl sites for hydroxylation is 2. The Hall–Kier alpha value is -3.38. The van der Waals surface area contributed by atoms with Crippen LogP contribution >= 0.6 is 0 Å². The predicted octanol–water partition coefficient (Wildman–Crippen LogP) is 4.76. The standard InChI is InChI=1S/C24H21NO4S/c1-16-3-8-20(9-4-16)25-24(26)18-7-12-23-19(13-18)14-22(15-29-23)30(27,28)21-10-5-17(2)6-11-21/h3-14H,15H2,1-2H3,(H,25,26). The molecule has 0 radical (unpaired) electrons. The first-order valence-electron chi connectivity index (χ1n) is 9.50. The van der Waals surface area contributed by atoms with Gasteiger partial charge in [0.2, 0.25) is 9.84 Å². The van der Waals surface area contributed by atoms with E-state index in [1.807, 2.05) is 38.1 Å². The summed E-state index contributed by atoms with van der Waals surface area (Å²) in [5, 5.41) is 2.85. The quantitative estimate of drug-likeness (QED) is 0.662. The van der Waals surface area contributed by atoms with Crippen molar-refractivity contribution in [2.45, 2.75) is 18.7 Å². The van der Waals surface area contributed by atoms with E-state index in [0.717, 1.165) is 11.1 Å². The highest BCUT2D eigenvalue weighted by atomic mass is 32.2. The summed E-state index contributed by atoms with van der Waals surface area (Å²) in [4.78, 5) is 13.0. The van der Waals surface area contributed by atoms with Gasteiger partial charge in [-0.1, -0.05) is 35.4 Å². The van der Waals surface area contributed by atoms with Gasteiger partial charge in [0.25, 0.3) is 5.91 Å². The average Bonchev–Trinajstić information content (AvgIpc) is 2.75. The maximum atomic E-state index is 13.0. The molecule has 1 amide bonds. The van der Waals surface area contributed by atoms with Gasteiger partial charge in [0.1, 0.15) is 12.4 Å². The zero-order valence-corrected chi connectivity index (χ0v) is 17.5. The molecule has 0 unspecified atom stereocenters. The van der Waals surface area contributed by atoms with Crippen LogP contribution in [0.25, 0.3) is 6.08 Å². The first-order chi connectivity index (χ1) is 14.3. The van der Waals surface area contributed by atoms with E-state index in [1.165, 1.54) is 0 Å². The number of anilines is 1. The van der Waals surface area contributed by atoms with Crippen molar-refractivity contribution < 1.29 is 17.9 Å².